The number of halogens is 1. The van der Waals surface area contributed by atoms with E-state index in [4.69, 9.17) is 4.42 Å². The molecule has 0 radical (unpaired) electrons. The molecule has 1 atom stereocenters. The summed E-state index contributed by atoms with van der Waals surface area (Å²) in [6, 6.07) is 9.77. The van der Waals surface area contributed by atoms with E-state index in [1.54, 1.807) is 29.6 Å². The summed E-state index contributed by atoms with van der Waals surface area (Å²) in [6.45, 7) is -0.391. The second kappa shape index (κ2) is 7.48. The van der Waals surface area contributed by atoms with Gasteiger partial charge in [-0.3, -0.25) is 0 Å². The van der Waals surface area contributed by atoms with Gasteiger partial charge in [-0.05, 0) is 47.0 Å². The van der Waals surface area contributed by atoms with Gasteiger partial charge < -0.3 is 9.52 Å². The number of aliphatic hydroxyl groups is 1. The number of furan rings is 1. The Labute approximate surface area is 168 Å². The summed E-state index contributed by atoms with van der Waals surface area (Å²) in [6.07, 6.45) is 1.39. The molecule has 0 aliphatic heterocycles. The molecular weight excluding hydrogens is 421 g/mol. The standard InChI is InChI=1S/C17H14FN5O4S2/c18-13-6-5-11(9-12(13)16-20-22-23-21-16)29(25,26)19-10-17(24,14-3-1-7-27-14)15-4-2-8-28-15/h1-9,19,24H,10H2,(H,20,21,22,23). The molecule has 3 N–H and O–H groups in total. The van der Waals surface area contributed by atoms with Crippen LogP contribution in [0.3, 0.4) is 0 Å². The van der Waals surface area contributed by atoms with E-state index in [2.05, 4.69) is 25.3 Å². The summed E-state index contributed by atoms with van der Waals surface area (Å²) in [7, 11) is -4.11. The molecule has 0 fully saturated rings. The molecule has 4 rings (SSSR count). The van der Waals surface area contributed by atoms with Gasteiger partial charge in [0.1, 0.15) is 11.6 Å². The zero-order valence-corrected chi connectivity index (χ0v) is 16.2. The maximum absolute atomic E-state index is 14.1. The number of aromatic nitrogens is 4. The number of aromatic amines is 1. The van der Waals surface area contributed by atoms with Crippen molar-refractivity contribution in [2.45, 2.75) is 10.5 Å². The van der Waals surface area contributed by atoms with Crippen molar-refractivity contribution in [2.24, 2.45) is 0 Å². The van der Waals surface area contributed by atoms with Crippen molar-refractivity contribution in [3.63, 3.8) is 0 Å². The van der Waals surface area contributed by atoms with Crippen LogP contribution in [0.5, 0.6) is 0 Å². The van der Waals surface area contributed by atoms with Crippen LogP contribution in [-0.2, 0) is 15.6 Å². The number of H-pyrrole nitrogens is 1. The smallest absolute Gasteiger partial charge is 0.240 e. The zero-order valence-electron chi connectivity index (χ0n) is 14.6. The number of nitrogens with zero attached hydrogens (tertiary/aromatic N) is 3. The zero-order chi connectivity index (χ0) is 20.5. The third kappa shape index (κ3) is 3.70. The Morgan fingerprint density at radius 1 is 1.28 bits per heavy atom. The second-order valence-electron chi connectivity index (χ2n) is 6.02. The van der Waals surface area contributed by atoms with Crippen molar-refractivity contribution >= 4 is 21.4 Å². The molecule has 150 valence electrons. The van der Waals surface area contributed by atoms with Crippen molar-refractivity contribution in [1.82, 2.24) is 25.3 Å². The molecule has 3 aromatic heterocycles. The molecule has 12 heteroatoms. The van der Waals surface area contributed by atoms with Crippen LogP contribution in [0.15, 0.2) is 63.4 Å². The first-order valence-corrected chi connectivity index (χ1v) is 10.6. The van der Waals surface area contributed by atoms with Gasteiger partial charge >= 0.3 is 0 Å². The lowest BCUT2D eigenvalue weighted by Gasteiger charge is -2.25. The third-order valence-electron chi connectivity index (χ3n) is 4.21. The highest BCUT2D eigenvalue weighted by molar-refractivity contribution is 7.89. The molecule has 0 bridgehead atoms. The van der Waals surface area contributed by atoms with Gasteiger partial charge in [0.05, 0.1) is 23.3 Å². The minimum Gasteiger partial charge on any atom is -0.466 e. The van der Waals surface area contributed by atoms with E-state index in [-0.39, 0.29) is 22.0 Å². The van der Waals surface area contributed by atoms with E-state index in [0.29, 0.717) is 4.88 Å². The molecule has 3 heterocycles. The summed E-state index contributed by atoms with van der Waals surface area (Å²) in [5.41, 5.74) is -1.83. The molecular formula is C17H14FN5O4S2. The molecule has 1 unspecified atom stereocenters. The Morgan fingerprint density at radius 3 is 2.79 bits per heavy atom. The highest BCUT2D eigenvalue weighted by Gasteiger charge is 2.37. The molecule has 0 amide bonds. The van der Waals surface area contributed by atoms with E-state index in [0.717, 1.165) is 18.2 Å². The Morgan fingerprint density at radius 2 is 2.14 bits per heavy atom. The fraction of sp³-hybridized carbons (Fsp3) is 0.118. The summed E-state index contributed by atoms with van der Waals surface area (Å²) < 4.78 is 47.4. The summed E-state index contributed by atoms with van der Waals surface area (Å²) in [5, 5.41) is 25.8. The molecule has 1 aromatic carbocycles. The number of sulfonamides is 1. The first-order chi connectivity index (χ1) is 13.9. The van der Waals surface area contributed by atoms with E-state index in [9.17, 15) is 17.9 Å². The van der Waals surface area contributed by atoms with E-state index < -0.39 is 28.0 Å². The lowest BCUT2D eigenvalue weighted by atomic mass is 9.99. The summed E-state index contributed by atoms with van der Waals surface area (Å²) >= 11 is 1.26. The number of rotatable bonds is 7. The van der Waals surface area contributed by atoms with Crippen LogP contribution >= 0.6 is 11.3 Å². The fourth-order valence-electron chi connectivity index (χ4n) is 2.73. The van der Waals surface area contributed by atoms with Gasteiger partial charge in [-0.1, -0.05) is 6.07 Å². The average molecular weight is 435 g/mol. The largest absolute Gasteiger partial charge is 0.466 e. The molecule has 0 aliphatic carbocycles. The molecule has 0 aliphatic rings. The number of thiophene rings is 1. The van der Waals surface area contributed by atoms with Gasteiger partial charge in [-0.25, -0.2) is 17.5 Å². The van der Waals surface area contributed by atoms with Crippen LogP contribution < -0.4 is 4.72 Å². The second-order valence-corrected chi connectivity index (χ2v) is 8.73. The maximum atomic E-state index is 14.1. The average Bonchev–Trinajstić information content (AvgIpc) is 3.49. The Kier molecular flexibility index (Phi) is 5.00. The molecule has 4 aromatic rings. The maximum Gasteiger partial charge on any atom is 0.240 e. The Hall–Kier alpha value is -2.93. The van der Waals surface area contributed by atoms with Crippen LogP contribution in [-0.4, -0.2) is 40.7 Å². The van der Waals surface area contributed by atoms with Crippen LogP contribution in [0.1, 0.15) is 10.6 Å². The van der Waals surface area contributed by atoms with Gasteiger partial charge in [-0.2, -0.15) is 5.21 Å². The monoisotopic (exact) mass is 435 g/mol. The molecule has 29 heavy (non-hydrogen) atoms. The number of benzene rings is 1. The van der Waals surface area contributed by atoms with Crippen LogP contribution in [0.2, 0.25) is 0 Å². The predicted octanol–water partition coefficient (Wildman–Crippen LogP) is 1.87. The quantitative estimate of drug-likeness (QED) is 0.403. The number of hydrogen-bond acceptors (Lipinski definition) is 8. The minimum atomic E-state index is -4.11. The van der Waals surface area contributed by atoms with Gasteiger partial charge in [0, 0.05) is 4.88 Å². The highest BCUT2D eigenvalue weighted by atomic mass is 32.2. The summed E-state index contributed by atoms with van der Waals surface area (Å²) in [5.74, 6) is -0.588. The topological polar surface area (TPSA) is 134 Å². The minimum absolute atomic E-state index is 0.0785. The van der Waals surface area contributed by atoms with Crippen molar-refractivity contribution in [1.29, 1.82) is 0 Å². The van der Waals surface area contributed by atoms with E-state index in [1.807, 2.05) is 0 Å². The first-order valence-electron chi connectivity index (χ1n) is 8.23. The first kappa shape index (κ1) is 19.4. The van der Waals surface area contributed by atoms with Crippen molar-refractivity contribution in [2.75, 3.05) is 6.54 Å². The third-order valence-corrected chi connectivity index (χ3v) is 6.63. The lowest BCUT2D eigenvalue weighted by molar-refractivity contribution is 0.0655. The van der Waals surface area contributed by atoms with Crippen LogP contribution in [0.4, 0.5) is 4.39 Å². The number of hydrogen-bond donors (Lipinski definition) is 3. The fourth-order valence-corrected chi connectivity index (χ4v) is 4.64. The highest BCUT2D eigenvalue weighted by Crippen LogP contribution is 2.33. The van der Waals surface area contributed by atoms with Crippen molar-refractivity contribution in [3.8, 4) is 11.4 Å². The van der Waals surface area contributed by atoms with Gasteiger partial charge in [0.15, 0.2) is 5.60 Å². The Balaban J connectivity index is 1.64. The van der Waals surface area contributed by atoms with E-state index >= 15 is 0 Å². The summed E-state index contributed by atoms with van der Waals surface area (Å²) in [4.78, 5) is 0.286. The molecule has 0 spiro atoms. The Bertz CT molecular complexity index is 1160. The predicted molar refractivity (Wildman–Crippen MR) is 101 cm³/mol. The van der Waals surface area contributed by atoms with Gasteiger partial charge in [0.25, 0.3) is 0 Å². The number of nitrogens with one attached hydrogen (secondary N) is 2. The van der Waals surface area contributed by atoms with Crippen LogP contribution in [0.25, 0.3) is 11.4 Å². The van der Waals surface area contributed by atoms with Gasteiger partial charge in [0.2, 0.25) is 15.8 Å². The number of tetrazole rings is 1. The van der Waals surface area contributed by atoms with Gasteiger partial charge in [-0.15, -0.1) is 21.5 Å². The van der Waals surface area contributed by atoms with Crippen molar-refractivity contribution in [3.05, 3.63) is 70.6 Å². The molecule has 9 nitrogen and oxygen atoms in total. The molecule has 0 saturated heterocycles. The van der Waals surface area contributed by atoms with Crippen molar-refractivity contribution < 1.29 is 22.3 Å². The normalized spacial score (nSPS) is 14.0. The van der Waals surface area contributed by atoms with Crippen LogP contribution in [0, 0.1) is 5.82 Å². The SMILES string of the molecule is O=S(=O)(NCC(O)(c1ccco1)c1cccs1)c1ccc(F)c(-c2nn[nH]n2)c1. The lowest BCUT2D eigenvalue weighted by Crippen LogP contribution is -2.40. The molecule has 0 saturated carbocycles. The van der Waals surface area contributed by atoms with E-state index in [1.165, 1.54) is 17.6 Å².